The summed E-state index contributed by atoms with van der Waals surface area (Å²) in [5.41, 5.74) is 1.53. The number of rotatable bonds is 6. The third-order valence-electron chi connectivity index (χ3n) is 4.21. The predicted octanol–water partition coefficient (Wildman–Crippen LogP) is 3.96. The van der Waals surface area contributed by atoms with Crippen LogP contribution < -0.4 is 15.4 Å². The molecule has 3 aromatic rings. The number of benzene rings is 2. The van der Waals surface area contributed by atoms with Crippen LogP contribution in [0.1, 0.15) is 24.4 Å². The lowest BCUT2D eigenvalue weighted by Crippen LogP contribution is -2.38. The summed E-state index contributed by atoms with van der Waals surface area (Å²) < 4.78 is 24.2. The molecule has 0 radical (unpaired) electrons. The summed E-state index contributed by atoms with van der Waals surface area (Å²) in [6.45, 7) is 2.18. The number of aromatic nitrogens is 2. The Kier molecular flexibility index (Phi) is 6.66. The molecule has 0 amide bonds. The fraction of sp³-hybridized carbons (Fsp3) is 0.250. The second-order valence-corrected chi connectivity index (χ2v) is 6.64. The van der Waals surface area contributed by atoms with Crippen LogP contribution in [-0.2, 0) is 6.54 Å². The van der Waals surface area contributed by atoms with E-state index in [-0.39, 0.29) is 18.3 Å². The van der Waals surface area contributed by atoms with Crippen molar-refractivity contribution in [2.75, 3.05) is 14.2 Å². The van der Waals surface area contributed by atoms with Crippen molar-refractivity contribution in [3.63, 3.8) is 0 Å². The molecule has 2 N–H and O–H groups in total. The third kappa shape index (κ3) is 5.23. The number of guanidine groups is 1. The maximum atomic E-state index is 13.9. The first-order valence-electron chi connectivity index (χ1n) is 8.89. The Morgan fingerprint density at radius 2 is 2.14 bits per heavy atom. The molecule has 9 heteroatoms. The number of aliphatic imine (C=N–C) groups is 1. The Hall–Kier alpha value is -3.13. The quantitative estimate of drug-likeness (QED) is 0.466. The topological polar surface area (TPSA) is 84.6 Å². The van der Waals surface area contributed by atoms with Gasteiger partial charge in [0.1, 0.15) is 0 Å². The van der Waals surface area contributed by atoms with Gasteiger partial charge in [0.15, 0.2) is 17.5 Å². The molecule has 0 saturated heterocycles. The van der Waals surface area contributed by atoms with Crippen LogP contribution in [0, 0.1) is 5.82 Å². The highest BCUT2D eigenvalue weighted by atomic mass is 35.5. The van der Waals surface area contributed by atoms with Gasteiger partial charge in [0.2, 0.25) is 11.7 Å². The molecular weight excluding hydrogens is 397 g/mol. The second kappa shape index (κ2) is 9.38. The fourth-order valence-electron chi connectivity index (χ4n) is 2.67. The number of halogens is 2. The Morgan fingerprint density at radius 1 is 1.31 bits per heavy atom. The van der Waals surface area contributed by atoms with Gasteiger partial charge in [-0.2, -0.15) is 4.98 Å². The lowest BCUT2D eigenvalue weighted by Gasteiger charge is -2.18. The van der Waals surface area contributed by atoms with E-state index in [0.29, 0.717) is 22.7 Å². The molecular formula is C20H21ClFN5O2. The number of methoxy groups -OCH3 is 1. The smallest absolute Gasteiger partial charge is 0.246 e. The van der Waals surface area contributed by atoms with Crippen molar-refractivity contribution in [1.82, 2.24) is 20.8 Å². The summed E-state index contributed by atoms with van der Waals surface area (Å²) >= 11 is 6.00. The zero-order valence-electron chi connectivity index (χ0n) is 16.2. The SMILES string of the molecule is CN=C(NCc1nc(-c2cccc(Cl)c2)no1)NC(C)c1ccc(OC)c(F)c1. The zero-order chi connectivity index (χ0) is 20.8. The highest BCUT2D eigenvalue weighted by Crippen LogP contribution is 2.22. The molecule has 0 saturated carbocycles. The van der Waals surface area contributed by atoms with E-state index in [0.717, 1.165) is 11.1 Å². The molecule has 7 nitrogen and oxygen atoms in total. The summed E-state index contributed by atoms with van der Waals surface area (Å²) in [7, 11) is 3.07. The maximum absolute atomic E-state index is 13.9. The van der Waals surface area contributed by atoms with Gasteiger partial charge in [-0.05, 0) is 36.8 Å². The number of hydrogen-bond acceptors (Lipinski definition) is 5. The van der Waals surface area contributed by atoms with Crippen LogP contribution in [0.25, 0.3) is 11.4 Å². The van der Waals surface area contributed by atoms with E-state index in [1.54, 1.807) is 31.3 Å². The van der Waals surface area contributed by atoms with E-state index in [9.17, 15) is 4.39 Å². The van der Waals surface area contributed by atoms with E-state index in [1.165, 1.54) is 13.2 Å². The number of nitrogens with one attached hydrogen (secondary N) is 2. The van der Waals surface area contributed by atoms with Crippen LogP contribution in [0.3, 0.4) is 0 Å². The summed E-state index contributed by atoms with van der Waals surface area (Å²) in [6.07, 6.45) is 0. The standard InChI is InChI=1S/C20H21ClFN5O2/c1-12(13-7-8-17(28-3)16(22)10-13)25-20(23-2)24-11-18-26-19(27-29-18)14-5-4-6-15(21)9-14/h4-10,12H,11H2,1-3H3,(H2,23,24,25). The molecule has 0 bridgehead atoms. The van der Waals surface area contributed by atoms with Crippen LogP contribution in [0.15, 0.2) is 52.0 Å². The highest BCUT2D eigenvalue weighted by Gasteiger charge is 2.13. The summed E-state index contributed by atoms with van der Waals surface area (Å²) in [5, 5.41) is 10.9. The lowest BCUT2D eigenvalue weighted by molar-refractivity contribution is 0.375. The molecule has 0 aliphatic carbocycles. The average molecular weight is 418 g/mol. The van der Waals surface area contributed by atoms with Crippen molar-refractivity contribution in [1.29, 1.82) is 0 Å². The van der Waals surface area contributed by atoms with Crippen molar-refractivity contribution >= 4 is 17.6 Å². The minimum atomic E-state index is -0.416. The largest absolute Gasteiger partial charge is 0.494 e. The normalized spacial score (nSPS) is 12.5. The van der Waals surface area contributed by atoms with Gasteiger partial charge in [-0.1, -0.05) is 35.0 Å². The maximum Gasteiger partial charge on any atom is 0.246 e. The third-order valence-corrected chi connectivity index (χ3v) is 4.45. The summed E-state index contributed by atoms with van der Waals surface area (Å²) in [6, 6.07) is 11.8. The molecule has 0 aliphatic heterocycles. The highest BCUT2D eigenvalue weighted by molar-refractivity contribution is 6.30. The number of ether oxygens (including phenoxy) is 1. The molecule has 1 heterocycles. The second-order valence-electron chi connectivity index (χ2n) is 6.21. The molecule has 1 aromatic heterocycles. The first-order chi connectivity index (χ1) is 14.0. The van der Waals surface area contributed by atoms with E-state index in [2.05, 4.69) is 25.8 Å². The van der Waals surface area contributed by atoms with Gasteiger partial charge in [-0.25, -0.2) is 4.39 Å². The van der Waals surface area contributed by atoms with Crippen LogP contribution in [0.4, 0.5) is 4.39 Å². The number of hydrogen-bond donors (Lipinski definition) is 2. The Morgan fingerprint density at radius 3 is 2.83 bits per heavy atom. The average Bonchev–Trinajstić information content (AvgIpc) is 3.20. The van der Waals surface area contributed by atoms with Crippen molar-refractivity contribution in [2.24, 2.45) is 4.99 Å². The van der Waals surface area contributed by atoms with Crippen molar-refractivity contribution < 1.29 is 13.7 Å². The molecule has 152 valence electrons. The molecule has 1 unspecified atom stereocenters. The Bertz CT molecular complexity index is 1010. The van der Waals surface area contributed by atoms with Gasteiger partial charge in [0.05, 0.1) is 19.7 Å². The summed E-state index contributed by atoms with van der Waals surface area (Å²) in [4.78, 5) is 8.52. The monoisotopic (exact) mass is 417 g/mol. The van der Waals surface area contributed by atoms with Gasteiger partial charge in [-0.3, -0.25) is 4.99 Å². The molecule has 1 atom stereocenters. The molecule has 0 aliphatic rings. The minimum absolute atomic E-state index is 0.189. The van der Waals surface area contributed by atoms with Crippen molar-refractivity contribution in [2.45, 2.75) is 19.5 Å². The van der Waals surface area contributed by atoms with Gasteiger partial charge in [-0.15, -0.1) is 0 Å². The van der Waals surface area contributed by atoms with Crippen molar-refractivity contribution in [3.05, 3.63) is 64.8 Å². The lowest BCUT2D eigenvalue weighted by atomic mass is 10.1. The first-order valence-corrected chi connectivity index (χ1v) is 9.27. The van der Waals surface area contributed by atoms with Crippen LogP contribution in [-0.4, -0.2) is 30.3 Å². The van der Waals surface area contributed by atoms with Gasteiger partial charge >= 0.3 is 0 Å². The summed E-state index contributed by atoms with van der Waals surface area (Å²) in [5.74, 6) is 1.15. The van der Waals surface area contributed by atoms with Gasteiger partial charge in [0, 0.05) is 17.6 Å². The molecule has 29 heavy (non-hydrogen) atoms. The van der Waals surface area contributed by atoms with E-state index < -0.39 is 5.82 Å². The van der Waals surface area contributed by atoms with Crippen LogP contribution in [0.5, 0.6) is 5.75 Å². The molecule has 2 aromatic carbocycles. The Balaban J connectivity index is 1.60. The van der Waals surface area contributed by atoms with Crippen LogP contribution in [0.2, 0.25) is 5.02 Å². The fourth-order valence-corrected chi connectivity index (χ4v) is 2.86. The van der Waals surface area contributed by atoms with Crippen LogP contribution >= 0.6 is 11.6 Å². The van der Waals surface area contributed by atoms with Gasteiger partial charge in [0.25, 0.3) is 0 Å². The van der Waals surface area contributed by atoms with E-state index >= 15 is 0 Å². The minimum Gasteiger partial charge on any atom is -0.494 e. The number of nitrogens with zero attached hydrogens (tertiary/aromatic N) is 3. The molecule has 0 fully saturated rings. The Labute approximate surface area is 172 Å². The predicted molar refractivity (Wildman–Crippen MR) is 109 cm³/mol. The van der Waals surface area contributed by atoms with Crippen molar-refractivity contribution in [3.8, 4) is 17.1 Å². The molecule has 0 spiro atoms. The molecule has 3 rings (SSSR count). The first kappa shape index (κ1) is 20.6. The van der Waals surface area contributed by atoms with E-state index in [1.807, 2.05) is 19.1 Å². The van der Waals surface area contributed by atoms with E-state index in [4.69, 9.17) is 20.9 Å². The van der Waals surface area contributed by atoms with Gasteiger partial charge < -0.3 is 19.9 Å². The zero-order valence-corrected chi connectivity index (χ0v) is 17.0.